The molecule has 5 heteroatoms. The number of hydrogen-bond donors (Lipinski definition) is 1. The summed E-state index contributed by atoms with van der Waals surface area (Å²) in [6.45, 7) is 3.85. The Morgan fingerprint density at radius 1 is 1.07 bits per heavy atom. The maximum atomic E-state index is 12.5. The third kappa shape index (κ3) is 5.20. The zero-order valence-electron chi connectivity index (χ0n) is 15.6. The third-order valence-electron chi connectivity index (χ3n) is 4.32. The Bertz CT molecular complexity index is 845. The molecule has 0 aliphatic carbocycles. The summed E-state index contributed by atoms with van der Waals surface area (Å²) >= 11 is 0. The molecule has 0 aliphatic heterocycles. The molecule has 0 bridgehead atoms. The van der Waals surface area contributed by atoms with Crippen LogP contribution in [0, 0.1) is 0 Å². The number of nitrogens with one attached hydrogen (secondary N) is 1. The van der Waals surface area contributed by atoms with Gasteiger partial charge in [-0.05, 0) is 30.5 Å². The van der Waals surface area contributed by atoms with Gasteiger partial charge >= 0.3 is 0 Å². The van der Waals surface area contributed by atoms with E-state index in [1.807, 2.05) is 60.1 Å². The van der Waals surface area contributed by atoms with Crippen LogP contribution in [-0.4, -0.2) is 28.8 Å². The van der Waals surface area contributed by atoms with Crippen LogP contribution in [0.2, 0.25) is 0 Å². The first-order valence-electron chi connectivity index (χ1n) is 9.32. The van der Waals surface area contributed by atoms with Crippen molar-refractivity contribution in [3.05, 3.63) is 83.7 Å². The van der Waals surface area contributed by atoms with E-state index in [1.165, 1.54) is 5.56 Å². The second-order valence-corrected chi connectivity index (χ2v) is 6.27. The van der Waals surface area contributed by atoms with Crippen molar-refractivity contribution in [2.75, 3.05) is 13.2 Å². The SMILES string of the molecule is CCc1c(C(=O)NCCCOc2ccccc2)cnn1Cc1ccccc1. The van der Waals surface area contributed by atoms with E-state index < -0.39 is 0 Å². The molecule has 0 fully saturated rings. The smallest absolute Gasteiger partial charge is 0.254 e. The molecule has 1 amide bonds. The minimum absolute atomic E-state index is 0.0779. The van der Waals surface area contributed by atoms with Crippen molar-refractivity contribution in [2.24, 2.45) is 0 Å². The number of hydrogen-bond acceptors (Lipinski definition) is 3. The summed E-state index contributed by atoms with van der Waals surface area (Å²) < 4.78 is 7.55. The van der Waals surface area contributed by atoms with Crippen LogP contribution in [0.15, 0.2) is 66.9 Å². The number of ether oxygens (including phenoxy) is 1. The van der Waals surface area contributed by atoms with E-state index in [-0.39, 0.29) is 5.91 Å². The van der Waals surface area contributed by atoms with Crippen LogP contribution in [0.3, 0.4) is 0 Å². The topological polar surface area (TPSA) is 56.1 Å². The summed E-state index contributed by atoms with van der Waals surface area (Å²) in [5.41, 5.74) is 2.77. The molecular formula is C22H25N3O2. The Hall–Kier alpha value is -3.08. The van der Waals surface area contributed by atoms with Crippen molar-refractivity contribution >= 4 is 5.91 Å². The standard InChI is InChI=1S/C22H25N3O2/c1-2-21-20(16-24-25(21)17-18-10-5-3-6-11-18)22(26)23-14-9-15-27-19-12-7-4-8-13-19/h3-8,10-13,16H,2,9,14-15,17H2,1H3,(H,23,26). The summed E-state index contributed by atoms with van der Waals surface area (Å²) in [7, 11) is 0. The van der Waals surface area contributed by atoms with Crippen molar-refractivity contribution in [1.82, 2.24) is 15.1 Å². The Morgan fingerprint density at radius 2 is 1.78 bits per heavy atom. The third-order valence-corrected chi connectivity index (χ3v) is 4.32. The molecular weight excluding hydrogens is 338 g/mol. The van der Waals surface area contributed by atoms with Gasteiger partial charge in [-0.2, -0.15) is 5.10 Å². The molecule has 3 aromatic rings. The fraction of sp³-hybridized carbons (Fsp3) is 0.273. The highest BCUT2D eigenvalue weighted by Crippen LogP contribution is 2.12. The van der Waals surface area contributed by atoms with Gasteiger partial charge in [0.05, 0.1) is 30.6 Å². The van der Waals surface area contributed by atoms with Gasteiger partial charge in [0.1, 0.15) is 5.75 Å². The number of nitrogens with zero attached hydrogens (tertiary/aromatic N) is 2. The van der Waals surface area contributed by atoms with Crippen molar-refractivity contribution < 1.29 is 9.53 Å². The summed E-state index contributed by atoms with van der Waals surface area (Å²) in [4.78, 5) is 12.5. The lowest BCUT2D eigenvalue weighted by atomic mass is 10.1. The monoisotopic (exact) mass is 363 g/mol. The first-order valence-corrected chi connectivity index (χ1v) is 9.32. The Morgan fingerprint density at radius 3 is 2.48 bits per heavy atom. The highest BCUT2D eigenvalue weighted by atomic mass is 16.5. The first kappa shape index (κ1) is 18.7. The zero-order chi connectivity index (χ0) is 18.9. The second-order valence-electron chi connectivity index (χ2n) is 6.27. The van der Waals surface area contributed by atoms with Crippen molar-refractivity contribution in [1.29, 1.82) is 0 Å². The highest BCUT2D eigenvalue weighted by Gasteiger charge is 2.16. The number of para-hydroxylation sites is 1. The van der Waals surface area contributed by atoms with Gasteiger partial charge in [0.15, 0.2) is 0 Å². The summed E-state index contributed by atoms with van der Waals surface area (Å²) in [5, 5.41) is 7.38. The van der Waals surface area contributed by atoms with Crippen LogP contribution in [0.25, 0.3) is 0 Å². The maximum absolute atomic E-state index is 12.5. The van der Waals surface area contributed by atoms with Gasteiger partial charge in [0, 0.05) is 6.54 Å². The lowest BCUT2D eigenvalue weighted by molar-refractivity contribution is 0.0950. The number of amides is 1. The normalized spacial score (nSPS) is 10.6. The number of carbonyl (C=O) groups excluding carboxylic acids is 1. The van der Waals surface area contributed by atoms with Crippen molar-refractivity contribution in [3.63, 3.8) is 0 Å². The molecule has 2 aromatic carbocycles. The lowest BCUT2D eigenvalue weighted by Gasteiger charge is -2.09. The van der Waals surface area contributed by atoms with E-state index in [9.17, 15) is 4.79 Å². The molecule has 0 unspecified atom stereocenters. The number of aromatic nitrogens is 2. The van der Waals surface area contributed by atoms with Crippen LogP contribution in [0.5, 0.6) is 5.75 Å². The molecule has 3 rings (SSSR count). The predicted molar refractivity (Wildman–Crippen MR) is 106 cm³/mol. The van der Waals surface area contributed by atoms with Crippen molar-refractivity contribution in [3.8, 4) is 5.75 Å². The molecule has 0 saturated carbocycles. The number of carbonyl (C=O) groups is 1. The first-order chi connectivity index (χ1) is 13.3. The molecule has 1 N–H and O–H groups in total. The van der Waals surface area contributed by atoms with Crippen LogP contribution in [0.4, 0.5) is 0 Å². The average Bonchev–Trinajstić information content (AvgIpc) is 3.11. The van der Waals surface area contributed by atoms with Crippen LogP contribution in [-0.2, 0) is 13.0 Å². The van der Waals surface area contributed by atoms with E-state index in [0.717, 1.165) is 24.3 Å². The molecule has 1 heterocycles. The highest BCUT2D eigenvalue weighted by molar-refractivity contribution is 5.95. The zero-order valence-corrected chi connectivity index (χ0v) is 15.6. The van der Waals surface area contributed by atoms with Gasteiger partial charge in [-0.15, -0.1) is 0 Å². The van der Waals surface area contributed by atoms with Crippen molar-refractivity contribution in [2.45, 2.75) is 26.3 Å². The summed E-state index contributed by atoms with van der Waals surface area (Å²) in [5.74, 6) is 0.769. The van der Waals surface area contributed by atoms with E-state index in [2.05, 4.69) is 22.5 Å². The molecule has 1 aromatic heterocycles. The van der Waals surface area contributed by atoms with Crippen LogP contribution >= 0.6 is 0 Å². The molecule has 5 nitrogen and oxygen atoms in total. The van der Waals surface area contributed by atoms with Crippen LogP contribution < -0.4 is 10.1 Å². The quantitative estimate of drug-likeness (QED) is 0.590. The molecule has 0 aliphatic rings. The van der Waals surface area contributed by atoms with Gasteiger partial charge in [-0.3, -0.25) is 9.48 Å². The Labute approximate surface area is 160 Å². The van der Waals surface area contributed by atoms with E-state index in [1.54, 1.807) is 6.20 Å². The Balaban J connectivity index is 1.50. The minimum atomic E-state index is -0.0779. The lowest BCUT2D eigenvalue weighted by Crippen LogP contribution is -2.26. The van der Waals surface area contributed by atoms with E-state index in [4.69, 9.17) is 4.74 Å². The molecule has 0 spiro atoms. The van der Waals surface area contributed by atoms with E-state index >= 15 is 0 Å². The molecule has 27 heavy (non-hydrogen) atoms. The maximum Gasteiger partial charge on any atom is 0.254 e. The fourth-order valence-corrected chi connectivity index (χ4v) is 2.94. The largest absolute Gasteiger partial charge is 0.494 e. The van der Waals surface area contributed by atoms with Gasteiger partial charge in [0.2, 0.25) is 0 Å². The van der Waals surface area contributed by atoms with E-state index in [0.29, 0.717) is 25.3 Å². The second kappa shape index (κ2) is 9.57. The fourth-order valence-electron chi connectivity index (χ4n) is 2.94. The molecule has 0 radical (unpaired) electrons. The van der Waals surface area contributed by atoms with Gasteiger partial charge in [-0.25, -0.2) is 0 Å². The average molecular weight is 363 g/mol. The number of rotatable bonds is 9. The Kier molecular flexibility index (Phi) is 6.63. The van der Waals surface area contributed by atoms with Gasteiger partial charge < -0.3 is 10.1 Å². The van der Waals surface area contributed by atoms with Gasteiger partial charge in [0.25, 0.3) is 5.91 Å². The predicted octanol–water partition coefficient (Wildman–Crippen LogP) is 3.69. The van der Waals surface area contributed by atoms with Gasteiger partial charge in [-0.1, -0.05) is 55.5 Å². The van der Waals surface area contributed by atoms with Crippen LogP contribution in [0.1, 0.15) is 35.0 Å². The molecule has 0 atom stereocenters. The minimum Gasteiger partial charge on any atom is -0.494 e. The summed E-state index contributed by atoms with van der Waals surface area (Å²) in [6, 6.07) is 19.8. The molecule has 140 valence electrons. The summed E-state index contributed by atoms with van der Waals surface area (Å²) in [6.07, 6.45) is 3.17. The number of benzene rings is 2. The molecule has 0 saturated heterocycles.